The number of pyridine rings is 1. The third-order valence-corrected chi connectivity index (χ3v) is 15.6. The van der Waals surface area contributed by atoms with Gasteiger partial charge in [0.15, 0.2) is 0 Å². The second kappa shape index (κ2) is 22.6. The maximum Gasteiger partial charge on any atom is 0.416 e. The van der Waals surface area contributed by atoms with Crippen molar-refractivity contribution in [1.29, 1.82) is 0 Å². The maximum atomic E-state index is 13.3. The number of alkyl halides is 6. The summed E-state index contributed by atoms with van der Waals surface area (Å²) in [5.74, 6) is 1.45. The summed E-state index contributed by atoms with van der Waals surface area (Å²) in [6.07, 6.45) is -1.57. The van der Waals surface area contributed by atoms with Gasteiger partial charge in [-0.1, -0.05) is 81.7 Å². The van der Waals surface area contributed by atoms with Gasteiger partial charge in [-0.15, -0.1) is 0 Å². The average molecular weight is 1010 g/mol. The van der Waals surface area contributed by atoms with Crippen molar-refractivity contribution in [3.05, 3.63) is 127 Å². The van der Waals surface area contributed by atoms with E-state index in [9.17, 15) is 26.3 Å². The predicted octanol–water partition coefficient (Wildman–Crippen LogP) is 11.8. The number of aromatic nitrogens is 5. The lowest BCUT2D eigenvalue weighted by Crippen LogP contribution is -2.47. The highest BCUT2D eigenvalue weighted by Crippen LogP contribution is 2.35. The Morgan fingerprint density at radius 1 is 0.500 bits per heavy atom. The minimum atomic E-state index is -4.40. The molecule has 70 heavy (non-hydrogen) atoms. The van der Waals surface area contributed by atoms with Gasteiger partial charge < -0.3 is 29.1 Å². The molecule has 19 heteroatoms. The van der Waals surface area contributed by atoms with Crippen LogP contribution in [0.4, 0.5) is 49.6 Å². The van der Waals surface area contributed by atoms with Gasteiger partial charge in [0.25, 0.3) is 0 Å². The smallest absolute Gasteiger partial charge is 0.368 e. The van der Waals surface area contributed by atoms with Gasteiger partial charge in [0.05, 0.1) is 34.4 Å². The van der Waals surface area contributed by atoms with Crippen molar-refractivity contribution in [2.45, 2.75) is 77.2 Å². The molecule has 5 heterocycles. The standard InChI is InChI=1S/C26H33F3N4OSi.C25H32F3N5OSi/c1-35(2,3)17-16-34-20-33-19-24(21-8-7-9-22(18-21)26(27,28)29)30-25(33)32-14-12-31(13-15-32)23-10-5-4-6-11-23;1-35(2,3)15-14-34-19-33-18-23(20-6-4-7-21(16-20)25(26,27)28)30-24(33)32-12-10-31(11-13-32)22-8-5-9-29-17-22/h4-11,18-19H,12-17,20H2,1-3H3;4-9,16-18H,10-15,19H2,1-3H3. The summed E-state index contributed by atoms with van der Waals surface area (Å²) in [5, 5.41) is 0. The van der Waals surface area contributed by atoms with Gasteiger partial charge in [0.1, 0.15) is 13.5 Å². The van der Waals surface area contributed by atoms with E-state index >= 15 is 0 Å². The molecule has 0 spiro atoms. The minimum Gasteiger partial charge on any atom is -0.368 e. The molecule has 2 fully saturated rings. The summed E-state index contributed by atoms with van der Waals surface area (Å²) >= 11 is 0. The quantitative estimate of drug-likeness (QED) is 0.0535. The van der Waals surface area contributed by atoms with Crippen molar-refractivity contribution in [1.82, 2.24) is 24.1 Å². The van der Waals surface area contributed by atoms with E-state index in [2.05, 4.69) is 76.0 Å². The number of imidazole rings is 2. The van der Waals surface area contributed by atoms with Crippen LogP contribution in [0.5, 0.6) is 0 Å². The molecule has 0 N–H and O–H groups in total. The zero-order valence-electron chi connectivity index (χ0n) is 41.0. The number of rotatable bonds is 16. The Labute approximate surface area is 409 Å². The molecule has 0 bridgehead atoms. The van der Waals surface area contributed by atoms with E-state index in [-0.39, 0.29) is 0 Å². The molecule has 2 saturated heterocycles. The zero-order chi connectivity index (χ0) is 50.1. The molecule has 2 aliphatic rings. The summed E-state index contributed by atoms with van der Waals surface area (Å²) in [5.41, 5.74) is 2.84. The largest absolute Gasteiger partial charge is 0.416 e. The Bertz CT molecular complexity index is 2390. The first-order valence-corrected chi connectivity index (χ1v) is 31.2. The van der Waals surface area contributed by atoms with Crippen LogP contribution in [0.3, 0.4) is 0 Å². The van der Waals surface area contributed by atoms with Crippen LogP contribution in [0.25, 0.3) is 22.5 Å². The molecule has 0 radical (unpaired) electrons. The van der Waals surface area contributed by atoms with E-state index < -0.39 is 39.6 Å². The third kappa shape index (κ3) is 14.7. The second-order valence-corrected chi connectivity index (χ2v) is 31.4. The van der Waals surface area contributed by atoms with E-state index in [1.165, 1.54) is 17.8 Å². The van der Waals surface area contributed by atoms with Gasteiger partial charge in [0, 0.05) is 117 Å². The number of benzene rings is 3. The Morgan fingerprint density at radius 2 is 0.914 bits per heavy atom. The number of para-hydroxylation sites is 1. The molecule has 0 amide bonds. The van der Waals surface area contributed by atoms with E-state index in [1.54, 1.807) is 24.5 Å². The van der Waals surface area contributed by atoms with E-state index in [1.807, 2.05) is 51.9 Å². The number of hydrogen-bond donors (Lipinski definition) is 0. The molecule has 3 aromatic heterocycles. The SMILES string of the molecule is C[Si](C)(C)CCOCn1cc(-c2cccc(C(F)(F)F)c2)nc1N1CCN(c2ccccc2)CC1.C[Si](C)(C)CCOCn1cc(-c2cccc(C(F)(F)F)c2)nc1N1CCN(c2cccnc2)CC1. The van der Waals surface area contributed by atoms with Gasteiger partial charge in [-0.2, -0.15) is 26.3 Å². The van der Waals surface area contributed by atoms with Crippen molar-refractivity contribution in [3.8, 4) is 22.5 Å². The van der Waals surface area contributed by atoms with Gasteiger partial charge in [-0.3, -0.25) is 14.1 Å². The van der Waals surface area contributed by atoms with Crippen molar-refractivity contribution in [2.75, 3.05) is 85.2 Å². The van der Waals surface area contributed by atoms with Crippen LogP contribution in [0.2, 0.25) is 51.4 Å². The molecule has 8 rings (SSSR count). The topological polar surface area (TPSA) is 80.0 Å². The first-order valence-electron chi connectivity index (χ1n) is 23.8. The molecular weight excluding hydrogens is 941 g/mol. The Morgan fingerprint density at radius 3 is 1.31 bits per heavy atom. The summed E-state index contributed by atoms with van der Waals surface area (Å²) in [6, 6.07) is 27.0. The zero-order valence-corrected chi connectivity index (χ0v) is 43.0. The highest BCUT2D eigenvalue weighted by atomic mass is 28.3. The summed E-state index contributed by atoms with van der Waals surface area (Å²) in [7, 11) is -2.46. The van der Waals surface area contributed by atoms with Gasteiger partial charge in [0.2, 0.25) is 11.9 Å². The van der Waals surface area contributed by atoms with Gasteiger partial charge in [-0.05, 0) is 60.6 Å². The van der Waals surface area contributed by atoms with Crippen LogP contribution >= 0.6 is 0 Å². The normalized spacial score (nSPS) is 15.0. The van der Waals surface area contributed by atoms with E-state index in [0.29, 0.717) is 49.2 Å². The predicted molar refractivity (Wildman–Crippen MR) is 273 cm³/mol. The van der Waals surface area contributed by atoms with Crippen LogP contribution < -0.4 is 19.6 Å². The number of hydrogen-bond acceptors (Lipinski definition) is 9. The second-order valence-electron chi connectivity index (χ2n) is 20.1. The number of nitrogens with zero attached hydrogens (tertiary/aromatic N) is 9. The van der Waals surface area contributed by atoms with Crippen LogP contribution in [-0.2, 0) is 35.3 Å². The molecule has 3 aromatic carbocycles. The van der Waals surface area contributed by atoms with Crippen molar-refractivity contribution >= 4 is 39.4 Å². The molecule has 6 aromatic rings. The van der Waals surface area contributed by atoms with Gasteiger partial charge in [-0.25, -0.2) is 9.97 Å². The average Bonchev–Trinajstić information content (AvgIpc) is 3.97. The molecule has 2 aliphatic heterocycles. The Kier molecular flexibility index (Phi) is 16.9. The molecule has 11 nitrogen and oxygen atoms in total. The highest BCUT2D eigenvalue weighted by Gasteiger charge is 2.32. The maximum absolute atomic E-state index is 13.3. The van der Waals surface area contributed by atoms with Gasteiger partial charge >= 0.3 is 12.4 Å². The minimum absolute atomic E-state index is 0.314. The number of ether oxygens (including phenoxy) is 2. The molecular formula is C51H65F6N9O2Si2. The van der Waals surface area contributed by atoms with Crippen molar-refractivity contribution in [2.24, 2.45) is 0 Å². The van der Waals surface area contributed by atoms with Crippen LogP contribution in [0, 0.1) is 0 Å². The fraction of sp³-hybridized carbons (Fsp3) is 0.431. The molecule has 0 unspecified atom stereocenters. The first-order chi connectivity index (χ1) is 33.2. The fourth-order valence-electron chi connectivity index (χ4n) is 8.09. The lowest BCUT2D eigenvalue weighted by atomic mass is 10.1. The number of anilines is 4. The van der Waals surface area contributed by atoms with Crippen molar-refractivity contribution in [3.63, 3.8) is 0 Å². The molecule has 0 saturated carbocycles. The first kappa shape index (κ1) is 52.2. The molecule has 0 aliphatic carbocycles. The third-order valence-electron chi connectivity index (χ3n) is 12.2. The Balaban J connectivity index is 0.000000206. The monoisotopic (exact) mass is 1010 g/mol. The molecule has 0 atom stereocenters. The van der Waals surface area contributed by atoms with E-state index in [4.69, 9.17) is 19.4 Å². The van der Waals surface area contributed by atoms with E-state index in [0.717, 1.165) is 106 Å². The lowest BCUT2D eigenvalue weighted by Gasteiger charge is -2.36. The summed E-state index contributed by atoms with van der Waals surface area (Å²) in [6.45, 7) is 22.0. The highest BCUT2D eigenvalue weighted by molar-refractivity contribution is 6.76. The fourth-order valence-corrected chi connectivity index (χ4v) is 9.60. The van der Waals surface area contributed by atoms with Crippen LogP contribution in [0.15, 0.2) is 116 Å². The summed E-state index contributed by atoms with van der Waals surface area (Å²) in [4.78, 5) is 22.7. The number of piperazine rings is 2. The van der Waals surface area contributed by atoms with Crippen molar-refractivity contribution < 1.29 is 35.8 Å². The lowest BCUT2D eigenvalue weighted by molar-refractivity contribution is -0.138. The Hall–Kier alpha value is -5.64. The van der Waals surface area contributed by atoms with Crippen LogP contribution in [0.1, 0.15) is 11.1 Å². The summed E-state index contributed by atoms with van der Waals surface area (Å²) < 4.78 is 95.5. The van der Waals surface area contributed by atoms with Crippen LogP contribution in [-0.4, -0.2) is 106 Å². The molecule has 376 valence electrons. The number of halogens is 6.